The molecule has 3 aromatic rings. The van der Waals surface area contributed by atoms with Gasteiger partial charge in [0.05, 0.1) is 11.9 Å². The van der Waals surface area contributed by atoms with Crippen molar-refractivity contribution in [3.63, 3.8) is 0 Å². The zero-order valence-corrected chi connectivity index (χ0v) is 24.8. The first-order valence-electron chi connectivity index (χ1n) is 13.8. The van der Waals surface area contributed by atoms with E-state index in [0.717, 1.165) is 28.7 Å². The highest BCUT2D eigenvalue weighted by molar-refractivity contribution is 7.92. The molecule has 3 rings (SSSR count). The third kappa shape index (κ3) is 8.95. The number of sulfonamides is 1. The Labute approximate surface area is 239 Å². The van der Waals surface area contributed by atoms with Crippen molar-refractivity contribution in [1.29, 1.82) is 0 Å². The Bertz CT molecular complexity index is 1380. The summed E-state index contributed by atoms with van der Waals surface area (Å²) in [5.41, 5.74) is 4.42. The summed E-state index contributed by atoms with van der Waals surface area (Å²) in [6.07, 6.45) is 2.77. The van der Waals surface area contributed by atoms with Crippen LogP contribution in [0.15, 0.2) is 78.9 Å². The van der Waals surface area contributed by atoms with Crippen LogP contribution in [-0.2, 0) is 32.6 Å². The quantitative estimate of drug-likeness (QED) is 0.299. The first-order valence-corrected chi connectivity index (χ1v) is 15.6. The van der Waals surface area contributed by atoms with Gasteiger partial charge in [-0.1, -0.05) is 85.3 Å². The van der Waals surface area contributed by atoms with Crippen molar-refractivity contribution < 1.29 is 18.0 Å². The van der Waals surface area contributed by atoms with Crippen LogP contribution in [0.1, 0.15) is 48.4 Å². The van der Waals surface area contributed by atoms with E-state index < -0.39 is 16.1 Å². The standard InChI is InChI=1S/C32H41N3O4S/c1-5-20-33-32(37)30(23-27-15-7-6-8-16-27)34(24-28-17-11-13-25(2)22-28)31(36)19-12-21-35(40(4,38)39)29-18-10-9-14-26(29)3/h6-11,13-18,22,30H,5,12,19-21,23-24H2,1-4H3,(H,33,37)/t30-/m0/s1. The van der Waals surface area contributed by atoms with Gasteiger partial charge in [-0.15, -0.1) is 0 Å². The largest absolute Gasteiger partial charge is 0.354 e. The summed E-state index contributed by atoms with van der Waals surface area (Å²) in [6.45, 7) is 6.83. The number of hydrogen-bond acceptors (Lipinski definition) is 4. The minimum atomic E-state index is -3.55. The molecule has 0 heterocycles. The van der Waals surface area contributed by atoms with Gasteiger partial charge in [0.2, 0.25) is 21.8 Å². The fourth-order valence-corrected chi connectivity index (χ4v) is 5.78. The maximum Gasteiger partial charge on any atom is 0.243 e. The van der Waals surface area contributed by atoms with Gasteiger partial charge >= 0.3 is 0 Å². The average molecular weight is 564 g/mol. The van der Waals surface area contributed by atoms with Gasteiger partial charge < -0.3 is 10.2 Å². The van der Waals surface area contributed by atoms with Gasteiger partial charge in [0.15, 0.2) is 0 Å². The number of para-hydroxylation sites is 1. The van der Waals surface area contributed by atoms with E-state index in [1.807, 2.05) is 87.5 Å². The number of amides is 2. The van der Waals surface area contributed by atoms with E-state index in [2.05, 4.69) is 5.32 Å². The molecule has 0 saturated carbocycles. The first-order chi connectivity index (χ1) is 19.1. The van der Waals surface area contributed by atoms with Crippen LogP contribution in [0.4, 0.5) is 5.69 Å². The molecule has 0 unspecified atom stereocenters. The van der Waals surface area contributed by atoms with Crippen molar-refractivity contribution in [3.8, 4) is 0 Å². The zero-order chi connectivity index (χ0) is 29.1. The molecule has 1 atom stereocenters. The molecule has 0 aliphatic rings. The zero-order valence-electron chi connectivity index (χ0n) is 24.0. The number of carbonyl (C=O) groups excluding carboxylic acids is 2. The van der Waals surface area contributed by atoms with E-state index in [1.54, 1.807) is 17.0 Å². The second kappa shape index (κ2) is 14.7. The highest BCUT2D eigenvalue weighted by Gasteiger charge is 2.30. The van der Waals surface area contributed by atoms with Crippen LogP contribution in [0.3, 0.4) is 0 Å². The van der Waals surface area contributed by atoms with Gasteiger partial charge in [-0.2, -0.15) is 0 Å². The van der Waals surface area contributed by atoms with Crippen molar-refractivity contribution in [2.45, 2.75) is 59.0 Å². The van der Waals surface area contributed by atoms with Crippen molar-refractivity contribution in [3.05, 3.63) is 101 Å². The van der Waals surface area contributed by atoms with Gasteiger partial charge in [-0.3, -0.25) is 13.9 Å². The van der Waals surface area contributed by atoms with Crippen LogP contribution in [0.2, 0.25) is 0 Å². The maximum absolute atomic E-state index is 13.9. The number of carbonyl (C=O) groups is 2. The molecule has 0 aliphatic heterocycles. The van der Waals surface area contributed by atoms with Crippen molar-refractivity contribution in [1.82, 2.24) is 10.2 Å². The lowest BCUT2D eigenvalue weighted by Gasteiger charge is -2.32. The van der Waals surface area contributed by atoms with Gasteiger partial charge in [-0.05, 0) is 49.4 Å². The van der Waals surface area contributed by atoms with E-state index in [-0.39, 0.29) is 31.3 Å². The van der Waals surface area contributed by atoms with Crippen LogP contribution < -0.4 is 9.62 Å². The Kier molecular flexibility index (Phi) is 11.3. The molecular formula is C32H41N3O4S. The van der Waals surface area contributed by atoms with Crippen molar-refractivity contribution in [2.75, 3.05) is 23.7 Å². The van der Waals surface area contributed by atoms with Crippen LogP contribution in [0.5, 0.6) is 0 Å². The minimum Gasteiger partial charge on any atom is -0.354 e. The fourth-order valence-electron chi connectivity index (χ4n) is 4.75. The maximum atomic E-state index is 13.9. The Morgan fingerprint density at radius 1 is 0.900 bits per heavy atom. The van der Waals surface area contributed by atoms with Gasteiger partial charge in [0.25, 0.3) is 0 Å². The monoisotopic (exact) mass is 563 g/mol. The summed E-state index contributed by atoms with van der Waals surface area (Å²) in [7, 11) is -3.55. The van der Waals surface area contributed by atoms with Gasteiger partial charge in [0, 0.05) is 32.5 Å². The normalized spacial score (nSPS) is 12.0. The Hall–Kier alpha value is -3.65. The fraction of sp³-hybridized carbons (Fsp3) is 0.375. The number of benzene rings is 3. The summed E-state index contributed by atoms with van der Waals surface area (Å²) >= 11 is 0. The Morgan fingerprint density at radius 3 is 2.23 bits per heavy atom. The molecule has 0 bridgehead atoms. The minimum absolute atomic E-state index is 0.107. The summed E-state index contributed by atoms with van der Waals surface area (Å²) < 4.78 is 26.6. The van der Waals surface area contributed by atoms with Crippen molar-refractivity contribution >= 4 is 27.5 Å². The summed E-state index contributed by atoms with van der Waals surface area (Å²) in [6, 6.07) is 24.2. The molecular weight excluding hydrogens is 522 g/mol. The molecule has 214 valence electrons. The van der Waals surface area contributed by atoms with E-state index in [9.17, 15) is 18.0 Å². The lowest BCUT2D eigenvalue weighted by Crippen LogP contribution is -2.50. The molecule has 0 radical (unpaired) electrons. The third-order valence-corrected chi connectivity index (χ3v) is 7.97. The molecule has 7 nitrogen and oxygen atoms in total. The van der Waals surface area contributed by atoms with Gasteiger partial charge in [0.1, 0.15) is 6.04 Å². The number of rotatable bonds is 14. The average Bonchev–Trinajstić information content (AvgIpc) is 2.92. The molecule has 0 aromatic heterocycles. The second-order valence-corrected chi connectivity index (χ2v) is 12.1. The van der Waals surface area contributed by atoms with E-state index in [1.165, 1.54) is 10.6 Å². The smallest absolute Gasteiger partial charge is 0.243 e. The van der Waals surface area contributed by atoms with E-state index >= 15 is 0 Å². The Balaban J connectivity index is 1.88. The molecule has 0 spiro atoms. The van der Waals surface area contributed by atoms with Crippen molar-refractivity contribution in [2.24, 2.45) is 0 Å². The number of anilines is 1. The highest BCUT2D eigenvalue weighted by Crippen LogP contribution is 2.23. The first kappa shape index (κ1) is 30.9. The molecule has 0 aliphatic carbocycles. The molecule has 40 heavy (non-hydrogen) atoms. The number of nitrogens with one attached hydrogen (secondary N) is 1. The van der Waals surface area contributed by atoms with Gasteiger partial charge in [-0.25, -0.2) is 8.42 Å². The SMILES string of the molecule is CCCNC(=O)[C@H](Cc1ccccc1)N(Cc1cccc(C)c1)C(=O)CCCN(c1ccccc1C)S(C)(=O)=O. The molecule has 0 fully saturated rings. The third-order valence-electron chi connectivity index (χ3n) is 6.79. The topological polar surface area (TPSA) is 86.8 Å². The highest BCUT2D eigenvalue weighted by atomic mass is 32.2. The van der Waals surface area contributed by atoms with E-state index in [4.69, 9.17) is 0 Å². The molecule has 2 amide bonds. The second-order valence-electron chi connectivity index (χ2n) is 10.2. The molecule has 0 saturated heterocycles. The predicted molar refractivity (Wildman–Crippen MR) is 162 cm³/mol. The molecule has 1 N–H and O–H groups in total. The summed E-state index contributed by atoms with van der Waals surface area (Å²) in [5, 5.41) is 2.99. The van der Waals surface area contributed by atoms with Crippen LogP contribution in [0.25, 0.3) is 0 Å². The molecule has 3 aromatic carbocycles. The number of aryl methyl sites for hydroxylation is 2. The van der Waals surface area contributed by atoms with Crippen LogP contribution in [0, 0.1) is 13.8 Å². The van der Waals surface area contributed by atoms with E-state index in [0.29, 0.717) is 25.1 Å². The lowest BCUT2D eigenvalue weighted by atomic mass is 10.0. The predicted octanol–water partition coefficient (Wildman–Crippen LogP) is 5.02. The Morgan fingerprint density at radius 2 is 1.57 bits per heavy atom. The summed E-state index contributed by atoms with van der Waals surface area (Å²) in [4.78, 5) is 29.0. The number of hydrogen-bond donors (Lipinski definition) is 1. The van der Waals surface area contributed by atoms with Crippen LogP contribution >= 0.6 is 0 Å². The summed E-state index contributed by atoms with van der Waals surface area (Å²) in [5.74, 6) is -0.378. The van der Waals surface area contributed by atoms with Crippen LogP contribution in [-0.4, -0.2) is 50.5 Å². The lowest BCUT2D eigenvalue weighted by molar-refractivity contribution is -0.141. The number of nitrogens with zero attached hydrogens (tertiary/aromatic N) is 2. The molecule has 8 heteroatoms.